The molecule has 0 radical (unpaired) electrons. The molecule has 1 rings (SSSR count). The van der Waals surface area contributed by atoms with Crippen LogP contribution in [-0.4, -0.2) is 68.1 Å². The first-order valence-corrected chi connectivity index (χ1v) is 5.64. The van der Waals surface area contributed by atoms with Crippen molar-refractivity contribution in [2.24, 2.45) is 0 Å². The highest BCUT2D eigenvalue weighted by molar-refractivity contribution is 5.79. The molecule has 3 amide bonds. The molecular formula is C10H20N4O2. The van der Waals surface area contributed by atoms with E-state index >= 15 is 0 Å². The minimum atomic E-state index is -0.0387. The fraction of sp³-hybridized carbons (Fsp3) is 0.800. The Balaban J connectivity index is 2.33. The van der Waals surface area contributed by atoms with Crippen molar-refractivity contribution >= 4 is 11.9 Å². The van der Waals surface area contributed by atoms with Crippen molar-refractivity contribution in [3.63, 3.8) is 0 Å². The van der Waals surface area contributed by atoms with E-state index in [9.17, 15) is 9.59 Å². The molecule has 1 heterocycles. The third-order valence-electron chi connectivity index (χ3n) is 2.58. The van der Waals surface area contributed by atoms with Crippen LogP contribution in [-0.2, 0) is 4.79 Å². The predicted molar refractivity (Wildman–Crippen MR) is 61.2 cm³/mol. The van der Waals surface area contributed by atoms with Gasteiger partial charge in [0, 0.05) is 32.7 Å². The van der Waals surface area contributed by atoms with Gasteiger partial charge in [0.15, 0.2) is 0 Å². The van der Waals surface area contributed by atoms with Crippen molar-refractivity contribution in [3.8, 4) is 0 Å². The van der Waals surface area contributed by atoms with Crippen LogP contribution >= 0.6 is 0 Å². The van der Waals surface area contributed by atoms with Crippen LogP contribution in [0.2, 0.25) is 0 Å². The van der Waals surface area contributed by atoms with Gasteiger partial charge < -0.3 is 20.4 Å². The number of carbonyl (C=O) groups is 2. The average Bonchev–Trinajstić information content (AvgIpc) is 2.30. The van der Waals surface area contributed by atoms with E-state index in [1.807, 2.05) is 6.92 Å². The molecule has 1 fully saturated rings. The molecule has 0 aromatic rings. The second-order valence-corrected chi connectivity index (χ2v) is 3.73. The van der Waals surface area contributed by atoms with Crippen molar-refractivity contribution in [1.82, 2.24) is 20.4 Å². The number of urea groups is 1. The maximum atomic E-state index is 11.5. The van der Waals surface area contributed by atoms with Crippen LogP contribution in [0.5, 0.6) is 0 Å². The third-order valence-corrected chi connectivity index (χ3v) is 2.58. The predicted octanol–water partition coefficient (Wildman–Crippen LogP) is -0.920. The van der Waals surface area contributed by atoms with Gasteiger partial charge >= 0.3 is 6.03 Å². The van der Waals surface area contributed by atoms with Crippen LogP contribution in [0.3, 0.4) is 0 Å². The molecule has 6 heteroatoms. The molecule has 1 saturated heterocycles. The van der Waals surface area contributed by atoms with Gasteiger partial charge in [-0.3, -0.25) is 4.79 Å². The van der Waals surface area contributed by atoms with Crippen molar-refractivity contribution < 1.29 is 9.59 Å². The van der Waals surface area contributed by atoms with E-state index in [2.05, 4.69) is 10.6 Å². The van der Waals surface area contributed by atoms with Crippen LogP contribution < -0.4 is 10.6 Å². The lowest BCUT2D eigenvalue weighted by Crippen LogP contribution is -2.54. The smallest absolute Gasteiger partial charge is 0.317 e. The van der Waals surface area contributed by atoms with Gasteiger partial charge in [-0.2, -0.15) is 0 Å². The number of hydrogen-bond acceptors (Lipinski definition) is 3. The zero-order valence-corrected chi connectivity index (χ0v) is 9.95. The minimum absolute atomic E-state index is 0.0387. The molecular weight excluding hydrogens is 208 g/mol. The normalized spacial score (nSPS) is 16.1. The van der Waals surface area contributed by atoms with E-state index in [-0.39, 0.29) is 11.9 Å². The van der Waals surface area contributed by atoms with E-state index in [4.69, 9.17) is 0 Å². The van der Waals surface area contributed by atoms with Crippen molar-refractivity contribution in [3.05, 3.63) is 0 Å². The molecule has 1 aliphatic heterocycles. The van der Waals surface area contributed by atoms with Gasteiger partial charge in [0.25, 0.3) is 0 Å². The average molecular weight is 228 g/mol. The maximum absolute atomic E-state index is 11.5. The first-order chi connectivity index (χ1) is 7.69. The number of likely N-dealkylation sites (N-methyl/N-ethyl adjacent to an activating group) is 1. The first-order valence-electron chi connectivity index (χ1n) is 5.64. The molecule has 0 unspecified atom stereocenters. The summed E-state index contributed by atoms with van der Waals surface area (Å²) in [5.74, 6) is 0.0954. The Morgan fingerprint density at radius 2 is 1.69 bits per heavy atom. The number of carbonyl (C=O) groups excluding carboxylic acids is 2. The van der Waals surface area contributed by atoms with E-state index < -0.39 is 0 Å². The molecule has 0 aliphatic carbocycles. The van der Waals surface area contributed by atoms with E-state index in [0.717, 1.165) is 0 Å². The molecule has 1 aliphatic rings. The molecule has 16 heavy (non-hydrogen) atoms. The molecule has 0 aromatic carbocycles. The molecule has 2 N–H and O–H groups in total. The molecule has 0 atom stereocenters. The molecule has 6 nitrogen and oxygen atoms in total. The Bertz CT molecular complexity index is 223. The summed E-state index contributed by atoms with van der Waals surface area (Å²) in [7, 11) is 1.75. The zero-order chi connectivity index (χ0) is 12.0. The quantitative estimate of drug-likeness (QED) is 0.656. The fourth-order valence-corrected chi connectivity index (χ4v) is 1.68. The highest BCUT2D eigenvalue weighted by Crippen LogP contribution is 2.02. The van der Waals surface area contributed by atoms with Crippen LogP contribution in [0.25, 0.3) is 0 Å². The summed E-state index contributed by atoms with van der Waals surface area (Å²) in [5.41, 5.74) is 0. The third kappa shape index (κ3) is 3.37. The largest absolute Gasteiger partial charge is 0.338 e. The Kier molecular flexibility index (Phi) is 5.04. The van der Waals surface area contributed by atoms with Crippen LogP contribution in [0.1, 0.15) is 6.92 Å². The Hall–Kier alpha value is -1.30. The summed E-state index contributed by atoms with van der Waals surface area (Å²) in [6, 6.07) is -0.0387. The van der Waals surface area contributed by atoms with E-state index in [1.165, 1.54) is 0 Å². The van der Waals surface area contributed by atoms with E-state index in [1.54, 1.807) is 16.8 Å². The van der Waals surface area contributed by atoms with Gasteiger partial charge in [-0.25, -0.2) is 4.79 Å². The van der Waals surface area contributed by atoms with Gasteiger partial charge in [0.2, 0.25) is 5.91 Å². The molecule has 0 saturated carbocycles. The molecule has 0 aromatic heterocycles. The van der Waals surface area contributed by atoms with Crippen molar-refractivity contribution in [2.45, 2.75) is 6.92 Å². The van der Waals surface area contributed by atoms with Crippen LogP contribution in [0, 0.1) is 0 Å². The number of hydrogen-bond donors (Lipinski definition) is 2. The topological polar surface area (TPSA) is 64.7 Å². The maximum Gasteiger partial charge on any atom is 0.317 e. The molecule has 92 valence electrons. The lowest BCUT2D eigenvalue weighted by Gasteiger charge is -2.34. The van der Waals surface area contributed by atoms with Gasteiger partial charge in [-0.15, -0.1) is 0 Å². The first kappa shape index (κ1) is 12.8. The number of nitrogens with zero attached hydrogens (tertiary/aromatic N) is 2. The summed E-state index contributed by atoms with van der Waals surface area (Å²) in [6.07, 6.45) is 0. The molecule has 0 spiro atoms. The van der Waals surface area contributed by atoms with Crippen LogP contribution in [0.15, 0.2) is 0 Å². The monoisotopic (exact) mass is 228 g/mol. The number of amides is 3. The zero-order valence-electron chi connectivity index (χ0n) is 9.95. The lowest BCUT2D eigenvalue weighted by atomic mass is 10.3. The second-order valence-electron chi connectivity index (χ2n) is 3.73. The van der Waals surface area contributed by atoms with Crippen molar-refractivity contribution in [1.29, 1.82) is 0 Å². The Morgan fingerprint density at radius 1 is 1.12 bits per heavy atom. The number of piperazine rings is 1. The lowest BCUT2D eigenvalue weighted by molar-refractivity contribution is -0.131. The van der Waals surface area contributed by atoms with E-state index in [0.29, 0.717) is 39.3 Å². The van der Waals surface area contributed by atoms with Crippen LogP contribution in [0.4, 0.5) is 4.79 Å². The van der Waals surface area contributed by atoms with Gasteiger partial charge in [-0.1, -0.05) is 0 Å². The number of rotatable bonds is 3. The van der Waals surface area contributed by atoms with Crippen molar-refractivity contribution in [2.75, 3.05) is 46.3 Å². The number of nitrogens with one attached hydrogen (secondary N) is 2. The summed E-state index contributed by atoms with van der Waals surface area (Å²) in [5, 5.41) is 5.59. The van der Waals surface area contributed by atoms with Gasteiger partial charge in [0.1, 0.15) is 0 Å². The minimum Gasteiger partial charge on any atom is -0.338 e. The summed E-state index contributed by atoms with van der Waals surface area (Å²) in [6.45, 7) is 5.36. The summed E-state index contributed by atoms with van der Waals surface area (Å²) >= 11 is 0. The van der Waals surface area contributed by atoms with Gasteiger partial charge in [0.05, 0.1) is 6.54 Å². The summed E-state index contributed by atoms with van der Waals surface area (Å²) < 4.78 is 0. The van der Waals surface area contributed by atoms with Gasteiger partial charge in [-0.05, 0) is 14.0 Å². The highest BCUT2D eigenvalue weighted by atomic mass is 16.2. The standard InChI is InChI=1S/C10H20N4O2/c1-3-12-10(16)14-6-4-13(5-7-14)9(15)8-11-2/h11H,3-8H2,1-2H3,(H,12,16). The Labute approximate surface area is 96.0 Å². The second kappa shape index (κ2) is 6.32. The fourth-order valence-electron chi connectivity index (χ4n) is 1.68. The Morgan fingerprint density at radius 3 is 2.19 bits per heavy atom. The SMILES string of the molecule is CCNC(=O)N1CCN(C(=O)CNC)CC1. The highest BCUT2D eigenvalue weighted by Gasteiger charge is 2.22. The molecule has 0 bridgehead atoms. The summed E-state index contributed by atoms with van der Waals surface area (Å²) in [4.78, 5) is 26.6.